The zero-order valence-corrected chi connectivity index (χ0v) is 17.1. The van der Waals surface area contributed by atoms with E-state index in [0.717, 1.165) is 33.8 Å². The average Bonchev–Trinajstić information content (AvgIpc) is 3.20. The van der Waals surface area contributed by atoms with Gasteiger partial charge in [-0.25, -0.2) is 9.18 Å². The van der Waals surface area contributed by atoms with Crippen LogP contribution in [0.1, 0.15) is 28.4 Å². The summed E-state index contributed by atoms with van der Waals surface area (Å²) in [6.07, 6.45) is 2.01. The van der Waals surface area contributed by atoms with Gasteiger partial charge in [-0.3, -0.25) is 0 Å². The van der Waals surface area contributed by atoms with Crippen LogP contribution in [0.5, 0.6) is 0 Å². The lowest BCUT2D eigenvalue weighted by Gasteiger charge is -2.31. The van der Waals surface area contributed by atoms with Gasteiger partial charge in [0.25, 0.3) is 0 Å². The first-order valence-corrected chi connectivity index (χ1v) is 10.3. The Labute approximate surface area is 180 Å². The molecule has 5 rings (SSSR count). The quantitative estimate of drug-likeness (QED) is 0.428. The van der Waals surface area contributed by atoms with Crippen LogP contribution in [0, 0.1) is 12.7 Å². The van der Waals surface area contributed by atoms with Crippen LogP contribution in [0.4, 0.5) is 14.9 Å². The summed E-state index contributed by atoms with van der Waals surface area (Å²) in [4.78, 5) is 15.4. The second-order valence-corrected chi connectivity index (χ2v) is 7.76. The van der Waals surface area contributed by atoms with Crippen LogP contribution >= 0.6 is 0 Å². The highest BCUT2D eigenvalue weighted by atomic mass is 19.1. The van der Waals surface area contributed by atoms with Crippen molar-refractivity contribution in [2.24, 2.45) is 0 Å². The number of rotatable bonds is 2. The SMILES string of the molecule is Cc1ccccc1NC(=O)N1Cc2ccccc2-n2cccc2[C@@H]1c1ccc(F)cc1. The second-order valence-electron chi connectivity index (χ2n) is 7.76. The summed E-state index contributed by atoms with van der Waals surface area (Å²) in [5.74, 6) is -0.299. The summed E-state index contributed by atoms with van der Waals surface area (Å²) in [7, 11) is 0. The van der Waals surface area contributed by atoms with Gasteiger partial charge in [0.1, 0.15) is 5.82 Å². The molecule has 0 bridgehead atoms. The van der Waals surface area contributed by atoms with Crippen molar-refractivity contribution in [3.63, 3.8) is 0 Å². The third kappa shape index (κ3) is 3.48. The van der Waals surface area contributed by atoms with E-state index >= 15 is 0 Å². The summed E-state index contributed by atoms with van der Waals surface area (Å²) in [5.41, 5.74) is 5.67. The lowest BCUT2D eigenvalue weighted by molar-refractivity contribution is 0.194. The normalized spacial score (nSPS) is 15.0. The lowest BCUT2D eigenvalue weighted by Crippen LogP contribution is -2.38. The number of urea groups is 1. The molecule has 4 nitrogen and oxygen atoms in total. The first-order valence-electron chi connectivity index (χ1n) is 10.3. The van der Waals surface area contributed by atoms with Gasteiger partial charge in [-0.2, -0.15) is 0 Å². The standard InChI is InChI=1S/C26H22FN3O/c1-18-7-2-4-9-22(18)28-26(31)30-17-20-8-3-5-10-23(20)29-16-6-11-24(29)25(30)19-12-14-21(27)15-13-19/h2-16,25H,17H2,1H3,(H,28,31)/t25-/m0/s1. The Kier molecular flexibility index (Phi) is 4.79. The van der Waals surface area contributed by atoms with Crippen LogP contribution in [0.15, 0.2) is 91.1 Å². The van der Waals surface area contributed by atoms with Crippen LogP contribution in [-0.4, -0.2) is 15.5 Å². The Balaban J connectivity index is 1.64. The van der Waals surface area contributed by atoms with Crippen molar-refractivity contribution >= 4 is 11.7 Å². The number of benzene rings is 3. The first-order chi connectivity index (χ1) is 15.1. The van der Waals surface area contributed by atoms with Crippen LogP contribution in [0.2, 0.25) is 0 Å². The number of anilines is 1. The summed E-state index contributed by atoms with van der Waals surface area (Å²) in [5, 5.41) is 3.08. The predicted molar refractivity (Wildman–Crippen MR) is 120 cm³/mol. The summed E-state index contributed by atoms with van der Waals surface area (Å²) < 4.78 is 15.8. The molecule has 0 fully saturated rings. The molecule has 4 aromatic rings. The van der Waals surface area contributed by atoms with Gasteiger partial charge in [-0.05, 0) is 60.0 Å². The van der Waals surface area contributed by atoms with Crippen LogP contribution in [0.25, 0.3) is 5.69 Å². The molecule has 0 spiro atoms. The van der Waals surface area contributed by atoms with E-state index in [0.29, 0.717) is 6.54 Å². The second kappa shape index (κ2) is 7.76. The van der Waals surface area contributed by atoms with E-state index in [1.165, 1.54) is 12.1 Å². The fraction of sp³-hybridized carbons (Fsp3) is 0.115. The van der Waals surface area contributed by atoms with E-state index in [2.05, 4.69) is 16.0 Å². The Hall–Kier alpha value is -3.86. The Morgan fingerprint density at radius 3 is 2.48 bits per heavy atom. The highest BCUT2D eigenvalue weighted by molar-refractivity contribution is 5.91. The molecule has 31 heavy (non-hydrogen) atoms. The molecule has 0 saturated heterocycles. The summed E-state index contributed by atoms with van der Waals surface area (Å²) in [6, 6.07) is 25.6. The zero-order valence-electron chi connectivity index (χ0n) is 17.1. The van der Waals surface area contributed by atoms with Gasteiger partial charge < -0.3 is 14.8 Å². The molecule has 0 unspecified atom stereocenters. The van der Waals surface area contributed by atoms with Crippen molar-refractivity contribution in [2.45, 2.75) is 19.5 Å². The van der Waals surface area contributed by atoms with Crippen molar-refractivity contribution in [1.29, 1.82) is 0 Å². The number of amides is 2. The average molecular weight is 411 g/mol. The number of halogens is 1. The molecule has 1 atom stereocenters. The number of hydrogen-bond donors (Lipinski definition) is 1. The molecule has 2 heterocycles. The highest BCUT2D eigenvalue weighted by Crippen LogP contribution is 2.37. The highest BCUT2D eigenvalue weighted by Gasteiger charge is 2.33. The Bertz CT molecular complexity index is 1250. The van der Waals surface area contributed by atoms with Crippen LogP contribution in [0.3, 0.4) is 0 Å². The molecule has 2 amide bonds. The maximum atomic E-state index is 13.7. The topological polar surface area (TPSA) is 37.3 Å². The third-order valence-corrected chi connectivity index (χ3v) is 5.80. The molecule has 1 aliphatic heterocycles. The fourth-order valence-electron chi connectivity index (χ4n) is 4.24. The van der Waals surface area contributed by atoms with Crippen molar-refractivity contribution in [2.75, 3.05) is 5.32 Å². The molecular formula is C26H22FN3O. The third-order valence-electron chi connectivity index (χ3n) is 5.80. The van der Waals surface area contributed by atoms with E-state index in [-0.39, 0.29) is 17.9 Å². The van der Waals surface area contributed by atoms with E-state index in [1.807, 2.05) is 72.6 Å². The Morgan fingerprint density at radius 2 is 1.68 bits per heavy atom. The van der Waals surface area contributed by atoms with Crippen LogP contribution < -0.4 is 5.32 Å². The maximum absolute atomic E-state index is 13.7. The molecule has 1 aliphatic rings. The molecule has 5 heteroatoms. The number of para-hydroxylation sites is 2. The van der Waals surface area contributed by atoms with Gasteiger partial charge in [0.05, 0.1) is 18.3 Å². The number of hydrogen-bond acceptors (Lipinski definition) is 1. The summed E-state index contributed by atoms with van der Waals surface area (Å²) in [6.45, 7) is 2.40. The monoisotopic (exact) mass is 411 g/mol. The number of carbonyl (C=O) groups excluding carboxylic acids is 1. The van der Waals surface area contributed by atoms with E-state index in [9.17, 15) is 9.18 Å². The first kappa shape index (κ1) is 19.1. The van der Waals surface area contributed by atoms with Crippen molar-refractivity contribution in [3.05, 3.63) is 119 Å². The predicted octanol–water partition coefficient (Wildman–Crippen LogP) is 6.06. The Morgan fingerprint density at radius 1 is 0.935 bits per heavy atom. The van der Waals surface area contributed by atoms with Gasteiger partial charge in [0.15, 0.2) is 0 Å². The summed E-state index contributed by atoms with van der Waals surface area (Å²) >= 11 is 0. The smallest absolute Gasteiger partial charge is 0.318 e. The van der Waals surface area contributed by atoms with Gasteiger partial charge in [-0.1, -0.05) is 48.5 Å². The van der Waals surface area contributed by atoms with E-state index < -0.39 is 0 Å². The largest absolute Gasteiger partial charge is 0.322 e. The molecule has 1 aromatic heterocycles. The number of fused-ring (bicyclic) bond motifs is 3. The molecule has 0 radical (unpaired) electrons. The van der Waals surface area contributed by atoms with Gasteiger partial charge in [0, 0.05) is 17.6 Å². The van der Waals surface area contributed by atoms with Gasteiger partial charge in [-0.15, -0.1) is 0 Å². The number of nitrogens with zero attached hydrogens (tertiary/aromatic N) is 2. The molecule has 3 aromatic carbocycles. The molecule has 0 aliphatic carbocycles. The van der Waals surface area contributed by atoms with E-state index in [4.69, 9.17) is 0 Å². The number of carbonyl (C=O) groups is 1. The molecule has 0 saturated carbocycles. The minimum absolute atomic E-state index is 0.201. The van der Waals surface area contributed by atoms with Gasteiger partial charge in [0.2, 0.25) is 0 Å². The minimum Gasteiger partial charge on any atom is -0.318 e. The molecular weight excluding hydrogens is 389 g/mol. The maximum Gasteiger partial charge on any atom is 0.322 e. The van der Waals surface area contributed by atoms with Crippen molar-refractivity contribution < 1.29 is 9.18 Å². The molecule has 154 valence electrons. The van der Waals surface area contributed by atoms with Crippen LogP contribution in [-0.2, 0) is 6.54 Å². The lowest BCUT2D eigenvalue weighted by atomic mass is 10.0. The van der Waals surface area contributed by atoms with Crippen molar-refractivity contribution in [3.8, 4) is 5.69 Å². The number of aryl methyl sites for hydroxylation is 1. The number of aromatic nitrogens is 1. The minimum atomic E-state index is -0.369. The number of nitrogens with one attached hydrogen (secondary N) is 1. The zero-order chi connectivity index (χ0) is 21.4. The van der Waals surface area contributed by atoms with Gasteiger partial charge >= 0.3 is 6.03 Å². The van der Waals surface area contributed by atoms with E-state index in [1.54, 1.807) is 12.1 Å². The molecule has 1 N–H and O–H groups in total. The van der Waals surface area contributed by atoms with Crippen molar-refractivity contribution in [1.82, 2.24) is 9.47 Å². The fourth-order valence-corrected chi connectivity index (χ4v) is 4.24.